The summed E-state index contributed by atoms with van der Waals surface area (Å²) in [5.41, 5.74) is 7.67. The maximum atomic E-state index is 7.02. The smallest absolute Gasteiger partial charge is 0.261 e. The Balaban J connectivity index is 1.75. The molecule has 3 rings (SSSR count). The predicted octanol–water partition coefficient (Wildman–Crippen LogP) is 4.74. The quantitative estimate of drug-likeness (QED) is 0.457. The molecule has 0 spiro atoms. The number of nitrogens with two attached hydrogens (primary N) is 1. The first kappa shape index (κ1) is 24.4. The van der Waals surface area contributed by atoms with Crippen molar-refractivity contribution in [1.29, 1.82) is 0 Å². The van der Waals surface area contributed by atoms with E-state index in [1.54, 1.807) is 0 Å². The summed E-state index contributed by atoms with van der Waals surface area (Å²) >= 11 is 0. The maximum absolute atomic E-state index is 7.02. The number of rotatable bonds is 10. The number of benzene rings is 3. The first-order valence-corrected chi connectivity index (χ1v) is 13.4. The lowest BCUT2D eigenvalue weighted by Gasteiger charge is -2.43. The minimum absolute atomic E-state index is 0.0384. The Labute approximate surface area is 194 Å². The normalized spacial score (nSPS) is 14.2. The van der Waals surface area contributed by atoms with Crippen LogP contribution in [0.2, 0.25) is 5.04 Å². The minimum atomic E-state index is -2.54. The average molecular weight is 448 g/mol. The Morgan fingerprint density at radius 3 is 1.69 bits per heavy atom. The van der Waals surface area contributed by atoms with Gasteiger partial charge in [0.15, 0.2) is 0 Å². The second kappa shape index (κ2) is 11.1. The summed E-state index contributed by atoms with van der Waals surface area (Å²) in [6, 6.07) is 31.6. The number of hydrogen-bond acceptors (Lipinski definition) is 3. The van der Waals surface area contributed by atoms with E-state index in [4.69, 9.17) is 14.9 Å². The molecule has 0 amide bonds. The first-order valence-electron chi connectivity index (χ1n) is 11.5. The van der Waals surface area contributed by atoms with Gasteiger partial charge < -0.3 is 14.9 Å². The lowest BCUT2D eigenvalue weighted by molar-refractivity contribution is 0.0850. The highest BCUT2D eigenvalue weighted by atomic mass is 28.4. The van der Waals surface area contributed by atoms with Crippen molar-refractivity contribution in [2.45, 2.75) is 45.4 Å². The van der Waals surface area contributed by atoms with Crippen molar-refractivity contribution in [2.75, 3.05) is 13.2 Å². The van der Waals surface area contributed by atoms with Crippen LogP contribution in [0, 0.1) is 5.92 Å². The van der Waals surface area contributed by atoms with Gasteiger partial charge in [0.05, 0.1) is 13.2 Å². The van der Waals surface area contributed by atoms with Gasteiger partial charge in [0.2, 0.25) is 0 Å². The molecular formula is C28H37NO2Si. The molecule has 0 bridgehead atoms. The molecule has 4 heteroatoms. The van der Waals surface area contributed by atoms with Gasteiger partial charge in [-0.05, 0) is 26.9 Å². The molecule has 0 heterocycles. The fraction of sp³-hybridized carbons (Fsp3) is 0.357. The zero-order valence-corrected chi connectivity index (χ0v) is 20.8. The fourth-order valence-electron chi connectivity index (χ4n) is 4.19. The van der Waals surface area contributed by atoms with Crippen LogP contribution in [-0.2, 0) is 15.8 Å². The Morgan fingerprint density at radius 2 is 1.22 bits per heavy atom. The van der Waals surface area contributed by atoms with E-state index in [9.17, 15) is 0 Å². The number of hydrogen-bond donors (Lipinski definition) is 1. The molecule has 32 heavy (non-hydrogen) atoms. The zero-order valence-electron chi connectivity index (χ0n) is 19.8. The van der Waals surface area contributed by atoms with Gasteiger partial charge >= 0.3 is 0 Å². The largest absolute Gasteiger partial charge is 0.407 e. The molecule has 2 N–H and O–H groups in total. The van der Waals surface area contributed by atoms with E-state index in [2.05, 4.69) is 100 Å². The van der Waals surface area contributed by atoms with Crippen LogP contribution in [0.1, 0.15) is 33.3 Å². The molecule has 0 radical (unpaired) electrons. The molecule has 3 aromatic rings. The van der Waals surface area contributed by atoms with Crippen molar-refractivity contribution < 1.29 is 9.16 Å². The topological polar surface area (TPSA) is 44.5 Å². The molecule has 0 aromatic heterocycles. The standard InChI is InChI=1S/C28H37NO2Si/c1-23(27(29)22-30-21-24-14-8-5-9-15-24)20-31-32(28(2,3)4,25-16-10-6-11-17-25)26-18-12-7-13-19-26/h5-19,23,27H,20-22,29H2,1-4H3/t23-,27+/m1/s1. The van der Waals surface area contributed by atoms with Gasteiger partial charge in [0.1, 0.15) is 0 Å². The minimum Gasteiger partial charge on any atom is -0.407 e. The predicted molar refractivity (Wildman–Crippen MR) is 137 cm³/mol. The van der Waals surface area contributed by atoms with Crippen LogP contribution in [-0.4, -0.2) is 27.6 Å². The monoisotopic (exact) mass is 447 g/mol. The highest BCUT2D eigenvalue weighted by molar-refractivity contribution is 6.99. The Bertz CT molecular complexity index is 886. The van der Waals surface area contributed by atoms with Gasteiger partial charge in [-0.15, -0.1) is 0 Å². The second-order valence-electron chi connectivity index (χ2n) is 9.62. The Kier molecular flexibility index (Phi) is 8.43. The Morgan fingerprint density at radius 1 is 0.750 bits per heavy atom. The van der Waals surface area contributed by atoms with E-state index in [-0.39, 0.29) is 17.0 Å². The van der Waals surface area contributed by atoms with Crippen LogP contribution in [0.3, 0.4) is 0 Å². The third kappa shape index (κ3) is 5.76. The lowest BCUT2D eigenvalue weighted by Crippen LogP contribution is -2.67. The van der Waals surface area contributed by atoms with Gasteiger partial charge in [-0.2, -0.15) is 0 Å². The second-order valence-corrected chi connectivity index (χ2v) is 13.9. The molecule has 0 aliphatic rings. The van der Waals surface area contributed by atoms with E-state index >= 15 is 0 Å². The van der Waals surface area contributed by atoms with Crippen LogP contribution in [0.4, 0.5) is 0 Å². The summed E-state index contributed by atoms with van der Waals surface area (Å²) in [6.45, 7) is 10.8. The summed E-state index contributed by atoms with van der Waals surface area (Å²) in [6.07, 6.45) is 0. The fourth-order valence-corrected chi connectivity index (χ4v) is 8.86. The van der Waals surface area contributed by atoms with Crippen LogP contribution in [0.15, 0.2) is 91.0 Å². The van der Waals surface area contributed by atoms with E-state index in [0.717, 1.165) is 5.56 Å². The third-order valence-corrected chi connectivity index (χ3v) is 11.1. The zero-order chi connectivity index (χ0) is 23.0. The molecule has 3 aromatic carbocycles. The van der Waals surface area contributed by atoms with Crippen molar-refractivity contribution in [3.05, 3.63) is 96.6 Å². The molecule has 0 fully saturated rings. The highest BCUT2D eigenvalue weighted by Crippen LogP contribution is 2.37. The van der Waals surface area contributed by atoms with Crippen molar-refractivity contribution in [1.82, 2.24) is 0 Å². The molecular weight excluding hydrogens is 410 g/mol. The maximum Gasteiger partial charge on any atom is 0.261 e. The van der Waals surface area contributed by atoms with Gasteiger partial charge in [-0.3, -0.25) is 0 Å². The van der Waals surface area contributed by atoms with Crippen LogP contribution in [0.5, 0.6) is 0 Å². The third-order valence-electron chi connectivity index (χ3n) is 6.13. The van der Waals surface area contributed by atoms with E-state index in [1.165, 1.54) is 10.4 Å². The molecule has 3 nitrogen and oxygen atoms in total. The van der Waals surface area contributed by atoms with Gasteiger partial charge in [0.25, 0.3) is 8.32 Å². The van der Waals surface area contributed by atoms with E-state index < -0.39 is 8.32 Å². The summed E-state index contributed by atoms with van der Waals surface area (Å²) in [7, 11) is -2.54. The first-order chi connectivity index (χ1) is 15.3. The van der Waals surface area contributed by atoms with Gasteiger partial charge in [-0.1, -0.05) is 119 Å². The summed E-state index contributed by atoms with van der Waals surface area (Å²) in [5.74, 6) is 0.174. The van der Waals surface area contributed by atoms with Crippen LogP contribution < -0.4 is 16.1 Å². The summed E-state index contributed by atoms with van der Waals surface area (Å²) in [5, 5.41) is 2.54. The van der Waals surface area contributed by atoms with Gasteiger partial charge in [0, 0.05) is 12.6 Å². The molecule has 0 aliphatic carbocycles. The van der Waals surface area contributed by atoms with Crippen LogP contribution >= 0.6 is 0 Å². The molecule has 0 saturated heterocycles. The highest BCUT2D eigenvalue weighted by Gasteiger charge is 2.50. The average Bonchev–Trinajstić information content (AvgIpc) is 2.80. The van der Waals surface area contributed by atoms with E-state index in [0.29, 0.717) is 19.8 Å². The van der Waals surface area contributed by atoms with Crippen molar-refractivity contribution in [3.63, 3.8) is 0 Å². The van der Waals surface area contributed by atoms with Crippen molar-refractivity contribution in [2.24, 2.45) is 11.7 Å². The lowest BCUT2D eigenvalue weighted by atomic mass is 10.1. The SMILES string of the molecule is C[C@H](CO[Si](c1ccccc1)(c1ccccc1)C(C)(C)C)[C@@H](N)COCc1ccccc1. The van der Waals surface area contributed by atoms with E-state index in [1.807, 2.05) is 18.2 Å². The summed E-state index contributed by atoms with van der Waals surface area (Å²) in [4.78, 5) is 0. The molecule has 0 saturated carbocycles. The molecule has 0 aliphatic heterocycles. The Hall–Kier alpha value is -2.24. The summed E-state index contributed by atoms with van der Waals surface area (Å²) < 4.78 is 12.9. The molecule has 0 unspecified atom stereocenters. The van der Waals surface area contributed by atoms with Gasteiger partial charge in [-0.25, -0.2) is 0 Å². The molecule has 170 valence electrons. The number of ether oxygens (including phenoxy) is 1. The van der Waals surface area contributed by atoms with Crippen molar-refractivity contribution in [3.8, 4) is 0 Å². The molecule has 2 atom stereocenters. The van der Waals surface area contributed by atoms with Crippen LogP contribution in [0.25, 0.3) is 0 Å². The van der Waals surface area contributed by atoms with Crippen molar-refractivity contribution >= 4 is 18.7 Å².